The first-order valence-electron chi connectivity index (χ1n) is 11.6. The maximum atomic E-state index is 14.0. The summed E-state index contributed by atoms with van der Waals surface area (Å²) in [5.41, 5.74) is 2.94. The molecule has 2 aliphatic heterocycles. The van der Waals surface area contributed by atoms with Gasteiger partial charge in [0.1, 0.15) is 11.6 Å². The number of ether oxygens (including phenoxy) is 2. The van der Waals surface area contributed by atoms with Crippen LogP contribution in [0.2, 0.25) is 0 Å². The van der Waals surface area contributed by atoms with Crippen molar-refractivity contribution in [1.82, 2.24) is 4.90 Å². The smallest absolute Gasteiger partial charge is 0.162 e. The number of benzene rings is 2. The Balaban J connectivity index is 1.30. The SMILES string of the molecule is COc1cc(C)c(N2CCC(N3CCC(Cc4cc(F)ccc4F)CC3)CC2)cc1OC. The highest BCUT2D eigenvalue weighted by Gasteiger charge is 2.29. The third-order valence-corrected chi connectivity index (χ3v) is 7.19. The van der Waals surface area contributed by atoms with Gasteiger partial charge in [0.25, 0.3) is 0 Å². The molecule has 0 aromatic heterocycles. The fraction of sp³-hybridized carbons (Fsp3) is 0.538. The van der Waals surface area contributed by atoms with E-state index < -0.39 is 0 Å². The summed E-state index contributed by atoms with van der Waals surface area (Å²) in [6.45, 7) is 6.25. The molecular weight excluding hydrogens is 410 g/mol. The molecule has 0 saturated carbocycles. The predicted octanol–water partition coefficient (Wildman–Crippen LogP) is 5.21. The molecule has 174 valence electrons. The molecule has 0 radical (unpaired) electrons. The van der Waals surface area contributed by atoms with E-state index in [0.717, 1.165) is 63.4 Å². The molecule has 2 fully saturated rings. The van der Waals surface area contributed by atoms with E-state index in [1.807, 2.05) is 6.07 Å². The van der Waals surface area contributed by atoms with Crippen molar-refractivity contribution in [3.05, 3.63) is 53.1 Å². The molecule has 6 heteroatoms. The summed E-state index contributed by atoms with van der Waals surface area (Å²) in [6, 6.07) is 8.52. The van der Waals surface area contributed by atoms with Crippen molar-refractivity contribution >= 4 is 5.69 Å². The molecule has 0 unspecified atom stereocenters. The second-order valence-electron chi connectivity index (χ2n) is 9.13. The molecule has 0 atom stereocenters. The van der Waals surface area contributed by atoms with Gasteiger partial charge in [0.2, 0.25) is 0 Å². The Hall–Kier alpha value is -2.34. The number of rotatable bonds is 6. The van der Waals surface area contributed by atoms with Gasteiger partial charge < -0.3 is 19.3 Å². The van der Waals surface area contributed by atoms with Crippen LogP contribution in [0.5, 0.6) is 11.5 Å². The molecule has 2 aliphatic rings. The van der Waals surface area contributed by atoms with Gasteiger partial charge in [0.15, 0.2) is 11.5 Å². The fourth-order valence-corrected chi connectivity index (χ4v) is 5.32. The van der Waals surface area contributed by atoms with Gasteiger partial charge in [0, 0.05) is 30.9 Å². The lowest BCUT2D eigenvalue weighted by Crippen LogP contribution is -2.48. The quantitative estimate of drug-likeness (QED) is 0.610. The second kappa shape index (κ2) is 10.1. The van der Waals surface area contributed by atoms with Crippen molar-refractivity contribution in [3.63, 3.8) is 0 Å². The van der Waals surface area contributed by atoms with E-state index in [2.05, 4.69) is 22.8 Å². The minimum atomic E-state index is -0.352. The van der Waals surface area contributed by atoms with Gasteiger partial charge in [-0.3, -0.25) is 0 Å². The predicted molar refractivity (Wildman–Crippen MR) is 124 cm³/mol. The number of nitrogens with zero attached hydrogens (tertiary/aromatic N) is 2. The molecule has 2 saturated heterocycles. The number of aryl methyl sites for hydroxylation is 1. The van der Waals surface area contributed by atoms with Crippen LogP contribution in [-0.4, -0.2) is 51.3 Å². The Bertz CT molecular complexity index is 920. The lowest BCUT2D eigenvalue weighted by atomic mass is 9.88. The molecule has 0 bridgehead atoms. The van der Waals surface area contributed by atoms with Gasteiger partial charge in [-0.05, 0) is 93.4 Å². The Morgan fingerprint density at radius 1 is 0.875 bits per heavy atom. The van der Waals surface area contributed by atoms with Crippen molar-refractivity contribution in [1.29, 1.82) is 0 Å². The van der Waals surface area contributed by atoms with Gasteiger partial charge in [-0.25, -0.2) is 8.78 Å². The largest absolute Gasteiger partial charge is 0.493 e. The summed E-state index contributed by atoms with van der Waals surface area (Å²) in [4.78, 5) is 5.06. The van der Waals surface area contributed by atoms with Crippen LogP contribution >= 0.6 is 0 Å². The minimum Gasteiger partial charge on any atom is -0.493 e. The van der Waals surface area contributed by atoms with E-state index in [4.69, 9.17) is 9.47 Å². The van der Waals surface area contributed by atoms with Crippen LogP contribution in [0.1, 0.15) is 36.8 Å². The molecular formula is C26H34F2N2O2. The molecule has 4 rings (SSSR count). The highest BCUT2D eigenvalue weighted by atomic mass is 19.1. The summed E-state index contributed by atoms with van der Waals surface area (Å²) in [5, 5.41) is 0. The van der Waals surface area contributed by atoms with Crippen LogP contribution in [0.15, 0.2) is 30.3 Å². The van der Waals surface area contributed by atoms with E-state index in [1.165, 1.54) is 29.4 Å². The van der Waals surface area contributed by atoms with Crippen LogP contribution in [0.3, 0.4) is 0 Å². The lowest BCUT2D eigenvalue weighted by molar-refractivity contribution is 0.115. The lowest BCUT2D eigenvalue weighted by Gasteiger charge is -2.42. The van der Waals surface area contributed by atoms with Crippen molar-refractivity contribution in [2.75, 3.05) is 45.3 Å². The highest BCUT2D eigenvalue weighted by Crippen LogP contribution is 2.36. The number of hydrogen-bond donors (Lipinski definition) is 0. The molecule has 0 aliphatic carbocycles. The summed E-state index contributed by atoms with van der Waals surface area (Å²) in [7, 11) is 3.34. The van der Waals surface area contributed by atoms with E-state index in [9.17, 15) is 8.78 Å². The molecule has 0 spiro atoms. The summed E-state index contributed by atoms with van der Waals surface area (Å²) >= 11 is 0. The maximum Gasteiger partial charge on any atom is 0.162 e. The van der Waals surface area contributed by atoms with Crippen LogP contribution in [0.4, 0.5) is 14.5 Å². The Morgan fingerprint density at radius 2 is 1.53 bits per heavy atom. The Kier molecular flexibility index (Phi) is 7.19. The molecule has 2 aromatic carbocycles. The normalized spacial score (nSPS) is 18.7. The van der Waals surface area contributed by atoms with Gasteiger partial charge in [-0.2, -0.15) is 0 Å². The van der Waals surface area contributed by atoms with Crippen LogP contribution in [-0.2, 0) is 6.42 Å². The topological polar surface area (TPSA) is 24.9 Å². The molecule has 0 amide bonds. The van der Waals surface area contributed by atoms with Gasteiger partial charge in [-0.15, -0.1) is 0 Å². The zero-order chi connectivity index (χ0) is 22.7. The molecule has 2 aromatic rings. The third kappa shape index (κ3) is 5.01. The van der Waals surface area contributed by atoms with Crippen molar-refractivity contribution < 1.29 is 18.3 Å². The van der Waals surface area contributed by atoms with Gasteiger partial charge in [-0.1, -0.05) is 0 Å². The van der Waals surface area contributed by atoms with Crippen LogP contribution in [0, 0.1) is 24.5 Å². The average molecular weight is 445 g/mol. The summed E-state index contributed by atoms with van der Waals surface area (Å²) < 4.78 is 38.4. The number of methoxy groups -OCH3 is 2. The first kappa shape index (κ1) is 22.8. The number of halogens is 2. The standard InChI is InChI=1S/C26H34F2N2O2/c1-18-14-25(31-2)26(32-3)17-24(18)30-12-8-22(9-13-30)29-10-6-19(7-11-29)15-20-16-21(27)4-5-23(20)28/h4-5,14,16-17,19,22H,6-13,15H2,1-3H3. The molecule has 0 N–H and O–H groups in total. The summed E-state index contributed by atoms with van der Waals surface area (Å²) in [5.74, 6) is 1.33. The van der Waals surface area contributed by atoms with Crippen LogP contribution in [0.25, 0.3) is 0 Å². The number of piperidine rings is 2. The van der Waals surface area contributed by atoms with E-state index >= 15 is 0 Å². The van der Waals surface area contributed by atoms with Crippen LogP contribution < -0.4 is 14.4 Å². The fourth-order valence-electron chi connectivity index (χ4n) is 5.32. The minimum absolute atomic E-state index is 0.286. The zero-order valence-corrected chi connectivity index (χ0v) is 19.4. The van der Waals surface area contributed by atoms with Crippen molar-refractivity contribution in [2.24, 2.45) is 5.92 Å². The molecule has 32 heavy (non-hydrogen) atoms. The first-order chi connectivity index (χ1) is 15.5. The Labute approximate surface area is 190 Å². The maximum absolute atomic E-state index is 14.0. The highest BCUT2D eigenvalue weighted by molar-refractivity contribution is 5.62. The van der Waals surface area contributed by atoms with Crippen molar-refractivity contribution in [3.8, 4) is 11.5 Å². The monoisotopic (exact) mass is 444 g/mol. The third-order valence-electron chi connectivity index (χ3n) is 7.19. The average Bonchev–Trinajstić information content (AvgIpc) is 2.82. The first-order valence-corrected chi connectivity index (χ1v) is 11.6. The molecule has 2 heterocycles. The zero-order valence-electron chi connectivity index (χ0n) is 19.4. The van der Waals surface area contributed by atoms with Gasteiger partial charge in [0.05, 0.1) is 14.2 Å². The summed E-state index contributed by atoms with van der Waals surface area (Å²) in [6.07, 6.45) is 5.00. The molecule has 4 nitrogen and oxygen atoms in total. The number of hydrogen-bond acceptors (Lipinski definition) is 4. The van der Waals surface area contributed by atoms with E-state index in [-0.39, 0.29) is 11.6 Å². The number of anilines is 1. The number of likely N-dealkylation sites (tertiary alicyclic amines) is 1. The second-order valence-corrected chi connectivity index (χ2v) is 9.13. The van der Waals surface area contributed by atoms with Gasteiger partial charge >= 0.3 is 0 Å². The van der Waals surface area contributed by atoms with E-state index in [1.54, 1.807) is 14.2 Å². The Morgan fingerprint density at radius 3 is 2.19 bits per heavy atom. The van der Waals surface area contributed by atoms with Crippen molar-refractivity contribution in [2.45, 2.75) is 45.1 Å². The van der Waals surface area contributed by atoms with E-state index in [0.29, 0.717) is 23.9 Å².